The van der Waals surface area contributed by atoms with Crippen LogP contribution in [0.5, 0.6) is 17.2 Å². The van der Waals surface area contributed by atoms with Crippen molar-refractivity contribution in [1.82, 2.24) is 9.97 Å². The van der Waals surface area contributed by atoms with Crippen molar-refractivity contribution < 1.29 is 14.2 Å². The lowest BCUT2D eigenvalue weighted by Crippen LogP contribution is -1.98. The van der Waals surface area contributed by atoms with Crippen LogP contribution in [-0.4, -0.2) is 24.2 Å². The van der Waals surface area contributed by atoms with E-state index in [9.17, 15) is 5.26 Å². The number of nitrogens with zero attached hydrogens (tertiary/aromatic N) is 2. The number of aromatic amines is 1. The maximum Gasteiger partial charge on any atom is 0.161 e. The molecule has 35 heavy (non-hydrogen) atoms. The number of rotatable bonds is 7. The SMILES string of the molecule is COc1ccc2nc(/C(C#N)=C\c3ccc(OCc4ccc5ccccc5c4)c(OC)c3)[nH]c2c1. The fraction of sp³-hybridized carbons (Fsp3) is 0.103. The van der Waals surface area contributed by atoms with E-state index in [1.54, 1.807) is 20.3 Å². The third kappa shape index (κ3) is 4.66. The Bertz CT molecular complexity index is 1590. The van der Waals surface area contributed by atoms with Crippen molar-refractivity contribution in [2.45, 2.75) is 6.61 Å². The second-order valence-electron chi connectivity index (χ2n) is 8.02. The highest BCUT2D eigenvalue weighted by Gasteiger charge is 2.11. The zero-order valence-corrected chi connectivity index (χ0v) is 19.4. The van der Waals surface area contributed by atoms with Gasteiger partial charge >= 0.3 is 0 Å². The number of nitrogens with one attached hydrogen (secondary N) is 1. The Morgan fingerprint density at radius 1 is 0.914 bits per heavy atom. The van der Waals surface area contributed by atoms with Gasteiger partial charge in [0.25, 0.3) is 0 Å². The summed E-state index contributed by atoms with van der Waals surface area (Å²) in [4.78, 5) is 7.74. The molecule has 0 saturated heterocycles. The molecule has 0 aliphatic heterocycles. The van der Waals surface area contributed by atoms with E-state index in [4.69, 9.17) is 14.2 Å². The smallest absolute Gasteiger partial charge is 0.161 e. The normalized spacial score (nSPS) is 11.4. The van der Waals surface area contributed by atoms with Gasteiger partial charge in [-0.1, -0.05) is 42.5 Å². The summed E-state index contributed by atoms with van der Waals surface area (Å²) in [5.74, 6) is 2.43. The summed E-state index contributed by atoms with van der Waals surface area (Å²) in [6.45, 7) is 0.419. The van der Waals surface area contributed by atoms with Crippen LogP contribution in [0.2, 0.25) is 0 Å². The Balaban J connectivity index is 1.38. The van der Waals surface area contributed by atoms with Crippen LogP contribution < -0.4 is 14.2 Å². The summed E-state index contributed by atoms with van der Waals surface area (Å²) < 4.78 is 16.9. The Morgan fingerprint density at radius 2 is 1.77 bits per heavy atom. The minimum atomic E-state index is 0.409. The monoisotopic (exact) mass is 461 g/mol. The quantitative estimate of drug-likeness (QED) is 0.285. The fourth-order valence-corrected chi connectivity index (χ4v) is 3.95. The van der Waals surface area contributed by atoms with Crippen molar-refractivity contribution in [3.05, 3.63) is 95.8 Å². The number of ether oxygens (including phenoxy) is 3. The Morgan fingerprint density at radius 3 is 2.57 bits per heavy atom. The highest BCUT2D eigenvalue weighted by molar-refractivity contribution is 5.90. The third-order valence-corrected chi connectivity index (χ3v) is 5.77. The van der Waals surface area contributed by atoms with Crippen LogP contribution in [-0.2, 0) is 6.61 Å². The first-order valence-electron chi connectivity index (χ1n) is 11.1. The first kappa shape index (κ1) is 22.1. The maximum absolute atomic E-state index is 9.77. The molecule has 5 aromatic rings. The zero-order chi connectivity index (χ0) is 24.2. The molecule has 6 nitrogen and oxygen atoms in total. The van der Waals surface area contributed by atoms with Crippen LogP contribution in [0.3, 0.4) is 0 Å². The molecule has 0 aliphatic rings. The van der Waals surface area contributed by atoms with E-state index in [0.29, 0.717) is 29.5 Å². The van der Waals surface area contributed by atoms with E-state index in [1.807, 2.05) is 48.5 Å². The lowest BCUT2D eigenvalue weighted by Gasteiger charge is -2.12. The summed E-state index contributed by atoms with van der Waals surface area (Å²) in [5, 5.41) is 12.1. The van der Waals surface area contributed by atoms with Gasteiger partial charge in [-0.15, -0.1) is 0 Å². The van der Waals surface area contributed by atoms with Crippen molar-refractivity contribution in [1.29, 1.82) is 5.26 Å². The van der Waals surface area contributed by atoms with Crippen molar-refractivity contribution in [2.24, 2.45) is 0 Å². The molecule has 0 fully saturated rings. The summed E-state index contributed by atoms with van der Waals surface area (Å²) >= 11 is 0. The number of fused-ring (bicyclic) bond motifs is 2. The molecule has 0 aliphatic carbocycles. The van der Waals surface area contributed by atoms with Gasteiger partial charge in [0.1, 0.15) is 24.3 Å². The predicted octanol–water partition coefficient (Wildman–Crippen LogP) is 6.38. The molecule has 6 heteroatoms. The van der Waals surface area contributed by atoms with Crippen molar-refractivity contribution >= 4 is 33.5 Å². The Kier molecular flexibility index (Phi) is 6.06. The topological polar surface area (TPSA) is 80.2 Å². The van der Waals surface area contributed by atoms with Crippen LogP contribution >= 0.6 is 0 Å². The van der Waals surface area contributed by atoms with Gasteiger partial charge in [-0.05, 0) is 58.3 Å². The number of benzene rings is 4. The molecular weight excluding hydrogens is 438 g/mol. The summed E-state index contributed by atoms with van der Waals surface area (Å²) in [6.07, 6.45) is 1.77. The van der Waals surface area contributed by atoms with Gasteiger partial charge in [0.05, 0.1) is 30.8 Å². The average Bonchev–Trinajstić information content (AvgIpc) is 3.33. The molecular formula is C29H23N3O3. The Labute approximate surface area is 203 Å². The minimum Gasteiger partial charge on any atom is -0.497 e. The lowest BCUT2D eigenvalue weighted by atomic mass is 10.1. The van der Waals surface area contributed by atoms with Gasteiger partial charge < -0.3 is 19.2 Å². The molecule has 1 aromatic heterocycles. The Hall–Kier alpha value is -4.76. The predicted molar refractivity (Wildman–Crippen MR) is 137 cm³/mol. The summed E-state index contributed by atoms with van der Waals surface area (Å²) in [6, 6.07) is 27.9. The number of imidazole rings is 1. The molecule has 0 unspecified atom stereocenters. The molecule has 0 spiro atoms. The number of hydrogen-bond acceptors (Lipinski definition) is 5. The molecule has 0 bridgehead atoms. The second kappa shape index (κ2) is 9.62. The molecule has 0 amide bonds. The first-order chi connectivity index (χ1) is 17.2. The second-order valence-corrected chi connectivity index (χ2v) is 8.02. The molecule has 4 aromatic carbocycles. The maximum atomic E-state index is 9.77. The van der Waals surface area contributed by atoms with Crippen LogP contribution in [0.15, 0.2) is 78.9 Å². The summed E-state index contributed by atoms with van der Waals surface area (Å²) in [7, 11) is 3.21. The largest absolute Gasteiger partial charge is 0.497 e. The van der Waals surface area contributed by atoms with Crippen LogP contribution in [0, 0.1) is 11.3 Å². The third-order valence-electron chi connectivity index (χ3n) is 5.77. The molecule has 1 heterocycles. The lowest BCUT2D eigenvalue weighted by molar-refractivity contribution is 0.284. The van der Waals surface area contributed by atoms with E-state index in [1.165, 1.54) is 10.8 Å². The highest BCUT2D eigenvalue weighted by Crippen LogP contribution is 2.31. The van der Waals surface area contributed by atoms with Crippen LogP contribution in [0.4, 0.5) is 0 Å². The standard InChI is InChI=1S/C29H23N3O3/c1-33-24-10-11-25-26(16-24)32-29(31-25)23(17-30)13-19-8-12-27(28(15-19)34-2)35-18-20-7-9-21-5-3-4-6-22(21)14-20/h3-16H,18H2,1-2H3,(H,31,32)/b23-13-. The van der Waals surface area contributed by atoms with Gasteiger partial charge in [0, 0.05) is 6.07 Å². The van der Waals surface area contributed by atoms with E-state index >= 15 is 0 Å². The van der Waals surface area contributed by atoms with Crippen LogP contribution in [0.1, 0.15) is 17.0 Å². The van der Waals surface area contributed by atoms with Gasteiger partial charge in [0.15, 0.2) is 11.5 Å². The number of allylic oxidation sites excluding steroid dienone is 1. The number of hydrogen-bond donors (Lipinski definition) is 1. The van der Waals surface area contributed by atoms with Crippen molar-refractivity contribution in [2.75, 3.05) is 14.2 Å². The number of nitriles is 1. The first-order valence-corrected chi connectivity index (χ1v) is 11.1. The molecule has 0 saturated carbocycles. The van der Waals surface area contributed by atoms with Crippen molar-refractivity contribution in [3.8, 4) is 23.3 Å². The molecule has 1 N–H and O–H groups in total. The van der Waals surface area contributed by atoms with Crippen molar-refractivity contribution in [3.63, 3.8) is 0 Å². The van der Waals surface area contributed by atoms with Gasteiger partial charge in [0.2, 0.25) is 0 Å². The molecule has 172 valence electrons. The van der Waals surface area contributed by atoms with Gasteiger partial charge in [-0.25, -0.2) is 4.98 Å². The summed E-state index contributed by atoms with van der Waals surface area (Å²) in [5.41, 5.74) is 3.84. The average molecular weight is 462 g/mol. The highest BCUT2D eigenvalue weighted by atomic mass is 16.5. The van der Waals surface area contributed by atoms with E-state index in [-0.39, 0.29) is 0 Å². The van der Waals surface area contributed by atoms with E-state index in [0.717, 1.165) is 27.9 Å². The number of methoxy groups -OCH3 is 2. The zero-order valence-electron chi connectivity index (χ0n) is 19.4. The fourth-order valence-electron chi connectivity index (χ4n) is 3.95. The number of H-pyrrole nitrogens is 1. The molecule has 0 radical (unpaired) electrons. The van der Waals surface area contributed by atoms with Gasteiger partial charge in [-0.3, -0.25) is 0 Å². The minimum absolute atomic E-state index is 0.409. The van der Waals surface area contributed by atoms with Crippen LogP contribution in [0.25, 0.3) is 33.5 Å². The molecule has 5 rings (SSSR count). The molecule has 0 atom stereocenters. The van der Waals surface area contributed by atoms with E-state index in [2.05, 4.69) is 46.4 Å². The van der Waals surface area contributed by atoms with E-state index < -0.39 is 0 Å². The van der Waals surface area contributed by atoms with Gasteiger partial charge in [-0.2, -0.15) is 5.26 Å². The number of aromatic nitrogens is 2.